The zero-order valence-electron chi connectivity index (χ0n) is 5.21. The van der Waals surface area contributed by atoms with Crippen LogP contribution in [0.4, 0.5) is 0 Å². The lowest BCUT2D eigenvalue weighted by Crippen LogP contribution is -1.79. The lowest BCUT2D eigenvalue weighted by molar-refractivity contribution is 0.966. The van der Waals surface area contributed by atoms with Gasteiger partial charge in [0.2, 0.25) is 0 Å². The third kappa shape index (κ3) is 1.80. The van der Waals surface area contributed by atoms with E-state index in [0.717, 1.165) is 12.8 Å². The highest BCUT2D eigenvalue weighted by atomic mass is 16.3. The Hall–Kier alpha value is -0.920. The first kappa shape index (κ1) is 6.20. The Kier molecular flexibility index (Phi) is 2.19. The van der Waals surface area contributed by atoms with Crippen LogP contribution in [0.25, 0.3) is 0 Å². The number of allylic oxidation sites excluding steroid dienone is 3. The maximum Gasteiger partial charge on any atom is 0.0851 e. The molecule has 0 atom stereocenters. The van der Waals surface area contributed by atoms with E-state index in [1.165, 1.54) is 5.57 Å². The average Bonchev–Trinajstić information content (AvgIpc) is 2.34. The average molecular weight is 123 g/mol. The summed E-state index contributed by atoms with van der Waals surface area (Å²) in [4.78, 5) is 9.66. The SMILES string of the molecule is O=NCCC1=CCC=C1. The van der Waals surface area contributed by atoms with Crippen molar-refractivity contribution in [1.29, 1.82) is 0 Å². The molecule has 0 saturated carbocycles. The van der Waals surface area contributed by atoms with E-state index >= 15 is 0 Å². The van der Waals surface area contributed by atoms with Gasteiger partial charge < -0.3 is 0 Å². The minimum absolute atomic E-state index is 0.413. The topological polar surface area (TPSA) is 29.4 Å². The van der Waals surface area contributed by atoms with Crippen molar-refractivity contribution in [1.82, 2.24) is 0 Å². The summed E-state index contributed by atoms with van der Waals surface area (Å²) in [6.07, 6.45) is 8.07. The first-order valence-electron chi connectivity index (χ1n) is 3.08. The highest BCUT2D eigenvalue weighted by Gasteiger charge is 1.95. The van der Waals surface area contributed by atoms with Gasteiger partial charge in [0.05, 0.1) is 6.54 Å². The van der Waals surface area contributed by atoms with E-state index in [9.17, 15) is 4.91 Å². The quantitative estimate of drug-likeness (QED) is 0.528. The van der Waals surface area contributed by atoms with Gasteiger partial charge in [-0.2, -0.15) is 4.91 Å². The standard InChI is InChI=1S/C7H9NO/c9-8-6-5-7-3-1-2-4-7/h1,3-4H,2,5-6H2. The highest BCUT2D eigenvalue weighted by molar-refractivity contribution is 5.25. The van der Waals surface area contributed by atoms with Gasteiger partial charge in [-0.1, -0.05) is 29.0 Å². The van der Waals surface area contributed by atoms with Gasteiger partial charge >= 0.3 is 0 Å². The first-order chi connectivity index (χ1) is 4.43. The van der Waals surface area contributed by atoms with Crippen molar-refractivity contribution in [3.63, 3.8) is 0 Å². The Balaban J connectivity index is 2.27. The summed E-state index contributed by atoms with van der Waals surface area (Å²) in [6, 6.07) is 0. The Morgan fingerprint density at radius 3 is 3.11 bits per heavy atom. The van der Waals surface area contributed by atoms with Gasteiger partial charge in [-0.15, -0.1) is 0 Å². The van der Waals surface area contributed by atoms with Crippen molar-refractivity contribution in [3.8, 4) is 0 Å². The van der Waals surface area contributed by atoms with Crippen LogP contribution in [0.2, 0.25) is 0 Å². The second-order valence-electron chi connectivity index (χ2n) is 2.02. The molecule has 2 heteroatoms. The van der Waals surface area contributed by atoms with E-state index in [1.807, 2.05) is 6.08 Å². The molecule has 0 bridgehead atoms. The van der Waals surface area contributed by atoms with Crippen LogP contribution in [0.1, 0.15) is 12.8 Å². The van der Waals surface area contributed by atoms with Crippen LogP contribution in [-0.4, -0.2) is 6.54 Å². The number of hydrogen-bond donors (Lipinski definition) is 0. The van der Waals surface area contributed by atoms with E-state index in [1.54, 1.807) is 0 Å². The van der Waals surface area contributed by atoms with E-state index in [-0.39, 0.29) is 0 Å². The molecule has 2 nitrogen and oxygen atoms in total. The van der Waals surface area contributed by atoms with Crippen molar-refractivity contribution in [2.45, 2.75) is 12.8 Å². The fourth-order valence-electron chi connectivity index (χ4n) is 0.867. The molecule has 48 valence electrons. The van der Waals surface area contributed by atoms with Crippen molar-refractivity contribution in [3.05, 3.63) is 28.7 Å². The monoisotopic (exact) mass is 123 g/mol. The van der Waals surface area contributed by atoms with Crippen molar-refractivity contribution in [2.75, 3.05) is 6.54 Å². The van der Waals surface area contributed by atoms with Gasteiger partial charge in [-0.3, -0.25) is 0 Å². The van der Waals surface area contributed by atoms with Crippen LogP contribution in [0, 0.1) is 4.91 Å². The smallest absolute Gasteiger partial charge is 0.0851 e. The fraction of sp³-hybridized carbons (Fsp3) is 0.429. The molecule has 0 radical (unpaired) electrons. The molecule has 1 aliphatic rings. The molecule has 0 spiro atoms. The molecule has 9 heavy (non-hydrogen) atoms. The largest absolute Gasteiger partial charge is 0.151 e. The molecular weight excluding hydrogens is 114 g/mol. The van der Waals surface area contributed by atoms with Gasteiger partial charge in [0, 0.05) is 0 Å². The van der Waals surface area contributed by atoms with Crippen LogP contribution in [0.3, 0.4) is 0 Å². The van der Waals surface area contributed by atoms with Crippen molar-refractivity contribution < 1.29 is 0 Å². The Morgan fingerprint density at radius 1 is 1.67 bits per heavy atom. The maximum absolute atomic E-state index is 9.66. The molecule has 1 aliphatic carbocycles. The Morgan fingerprint density at radius 2 is 2.56 bits per heavy atom. The number of hydrogen-bond acceptors (Lipinski definition) is 2. The van der Waals surface area contributed by atoms with Crippen LogP contribution >= 0.6 is 0 Å². The lowest BCUT2D eigenvalue weighted by atomic mass is 10.2. The molecule has 1 rings (SSSR count). The van der Waals surface area contributed by atoms with Crippen LogP contribution < -0.4 is 0 Å². The number of nitroso groups, excluding NO2 is 1. The summed E-state index contributed by atoms with van der Waals surface area (Å²) < 4.78 is 0. The molecule has 0 saturated heterocycles. The van der Waals surface area contributed by atoms with Crippen LogP contribution in [0.5, 0.6) is 0 Å². The minimum Gasteiger partial charge on any atom is -0.151 e. The highest BCUT2D eigenvalue weighted by Crippen LogP contribution is 2.11. The number of nitrogens with zero attached hydrogens (tertiary/aromatic N) is 1. The third-order valence-electron chi connectivity index (χ3n) is 1.34. The van der Waals surface area contributed by atoms with Gasteiger partial charge in [0.25, 0.3) is 0 Å². The molecule has 0 aromatic carbocycles. The van der Waals surface area contributed by atoms with Gasteiger partial charge in [-0.05, 0) is 12.8 Å². The molecule has 0 aliphatic heterocycles. The fourth-order valence-corrected chi connectivity index (χ4v) is 0.867. The summed E-state index contributed by atoms with van der Waals surface area (Å²) >= 11 is 0. The minimum atomic E-state index is 0.413. The van der Waals surface area contributed by atoms with Gasteiger partial charge in [-0.25, -0.2) is 0 Å². The zero-order valence-corrected chi connectivity index (χ0v) is 5.21. The number of rotatable bonds is 3. The van der Waals surface area contributed by atoms with E-state index < -0.39 is 0 Å². The summed E-state index contributed by atoms with van der Waals surface area (Å²) in [5.74, 6) is 0. The third-order valence-corrected chi connectivity index (χ3v) is 1.34. The Labute approximate surface area is 54.2 Å². The molecule has 0 fully saturated rings. The van der Waals surface area contributed by atoms with Gasteiger partial charge in [0.15, 0.2) is 0 Å². The second kappa shape index (κ2) is 3.17. The summed E-state index contributed by atoms with van der Waals surface area (Å²) in [6.45, 7) is 0.413. The van der Waals surface area contributed by atoms with E-state index in [0.29, 0.717) is 6.54 Å². The van der Waals surface area contributed by atoms with Gasteiger partial charge in [0.1, 0.15) is 0 Å². The van der Waals surface area contributed by atoms with Crippen molar-refractivity contribution >= 4 is 0 Å². The summed E-state index contributed by atoms with van der Waals surface area (Å²) in [5.41, 5.74) is 1.25. The predicted molar refractivity (Wildman–Crippen MR) is 37.1 cm³/mol. The maximum atomic E-state index is 9.66. The Bertz CT molecular complexity index is 158. The molecule has 0 N–H and O–H groups in total. The molecule has 0 heterocycles. The first-order valence-corrected chi connectivity index (χ1v) is 3.08. The van der Waals surface area contributed by atoms with Crippen LogP contribution in [-0.2, 0) is 0 Å². The molecular formula is C7H9NO. The molecule has 0 aromatic heterocycles. The summed E-state index contributed by atoms with van der Waals surface area (Å²) in [5, 5.41) is 2.77. The van der Waals surface area contributed by atoms with Crippen molar-refractivity contribution in [2.24, 2.45) is 5.18 Å². The molecule has 0 aromatic rings. The molecule has 0 amide bonds. The van der Waals surface area contributed by atoms with E-state index in [4.69, 9.17) is 0 Å². The predicted octanol–water partition coefficient (Wildman–Crippen LogP) is 2.03. The second-order valence-corrected chi connectivity index (χ2v) is 2.02. The normalized spacial score (nSPS) is 15.8. The van der Waals surface area contributed by atoms with E-state index in [2.05, 4.69) is 17.3 Å². The van der Waals surface area contributed by atoms with Crippen LogP contribution in [0.15, 0.2) is 29.0 Å². The summed E-state index contributed by atoms with van der Waals surface area (Å²) in [7, 11) is 0. The zero-order chi connectivity index (χ0) is 6.53. The lowest BCUT2D eigenvalue weighted by Gasteiger charge is -1.89. The molecule has 0 unspecified atom stereocenters.